The van der Waals surface area contributed by atoms with Gasteiger partial charge in [0.05, 0.1) is 0 Å². The molecule has 0 atom stereocenters. The molecule has 0 unspecified atom stereocenters. The summed E-state index contributed by atoms with van der Waals surface area (Å²) in [6, 6.07) is 43.9. The Morgan fingerprint density at radius 1 is 0.709 bits per heavy atom. The van der Waals surface area contributed by atoms with Gasteiger partial charge in [-0.1, -0.05) is 97.1 Å². The number of piperidine rings is 1. The smallest absolute Gasteiger partial charge is 0.475 e. The number of aliphatic carboxylic acids is 1. The third-order valence-corrected chi connectivity index (χ3v) is 9.44. The maximum Gasteiger partial charge on any atom is 0.490 e. The number of likely N-dealkylation sites (tertiary alicyclic amines) is 1. The Labute approximate surface area is 318 Å². The lowest BCUT2D eigenvalue weighted by atomic mass is 9.99. The molecule has 1 fully saturated rings. The standard InChI is InChI=1S/C41H42N4O3.C2HF3O2/c46-41(43-37-12-5-2-6-13-37)45(38-20-22-44(23-21-38)28-32-8-3-1-4-9-32)29-34-10-7-11-36(24-34)35-17-14-31(15-18-35)26-42-27-33-16-19-39-40(25-33)48-30-47-39;3-2(4,5)1(6)7/h1-19,24-25,38,42H,20-23,26-30H2,(H,43,46);(H,6,7). The van der Waals surface area contributed by atoms with E-state index >= 15 is 0 Å². The Morgan fingerprint density at radius 2 is 1.33 bits per heavy atom. The minimum atomic E-state index is -5.08. The molecule has 0 radical (unpaired) electrons. The van der Waals surface area contributed by atoms with Crippen molar-refractivity contribution in [1.29, 1.82) is 0 Å². The molecular weight excluding hydrogens is 709 g/mol. The first-order valence-electron chi connectivity index (χ1n) is 18.1. The largest absolute Gasteiger partial charge is 0.490 e. The molecule has 7 rings (SSSR count). The summed E-state index contributed by atoms with van der Waals surface area (Å²) < 4.78 is 42.7. The predicted octanol–water partition coefficient (Wildman–Crippen LogP) is 8.70. The van der Waals surface area contributed by atoms with Gasteiger partial charge in [0.15, 0.2) is 11.5 Å². The number of carbonyl (C=O) groups is 2. The summed E-state index contributed by atoms with van der Waals surface area (Å²) in [5.41, 5.74) is 7.95. The van der Waals surface area contributed by atoms with E-state index in [1.165, 1.54) is 11.1 Å². The van der Waals surface area contributed by atoms with Crippen LogP contribution in [-0.4, -0.2) is 59.0 Å². The zero-order chi connectivity index (χ0) is 38.6. The van der Waals surface area contributed by atoms with Crippen LogP contribution in [0.5, 0.6) is 11.5 Å². The van der Waals surface area contributed by atoms with Crippen molar-refractivity contribution in [3.05, 3.63) is 150 Å². The van der Waals surface area contributed by atoms with Crippen LogP contribution < -0.4 is 20.1 Å². The number of nitrogens with one attached hydrogen (secondary N) is 2. The number of anilines is 1. The van der Waals surface area contributed by atoms with Crippen LogP contribution in [0.15, 0.2) is 127 Å². The molecule has 0 aliphatic carbocycles. The summed E-state index contributed by atoms with van der Waals surface area (Å²) in [6.07, 6.45) is -3.20. The Balaban J connectivity index is 0.000000672. The number of carboxylic acids is 1. The number of carbonyl (C=O) groups excluding carboxylic acids is 1. The number of para-hydroxylation sites is 1. The Kier molecular flexibility index (Phi) is 13.0. The highest BCUT2D eigenvalue weighted by Gasteiger charge is 2.38. The van der Waals surface area contributed by atoms with Crippen molar-refractivity contribution in [2.24, 2.45) is 0 Å². The van der Waals surface area contributed by atoms with Gasteiger partial charge in [0.25, 0.3) is 0 Å². The molecule has 2 aliphatic rings. The van der Waals surface area contributed by atoms with Crippen LogP contribution >= 0.6 is 0 Å². The van der Waals surface area contributed by atoms with E-state index < -0.39 is 12.1 Å². The molecule has 2 aliphatic heterocycles. The van der Waals surface area contributed by atoms with Crippen LogP contribution in [0.2, 0.25) is 0 Å². The lowest BCUT2D eigenvalue weighted by Crippen LogP contribution is -2.48. The topological polar surface area (TPSA) is 103 Å². The average molecular weight is 753 g/mol. The fourth-order valence-electron chi connectivity index (χ4n) is 6.58. The summed E-state index contributed by atoms with van der Waals surface area (Å²) in [4.78, 5) is 27.2. The minimum absolute atomic E-state index is 0.0503. The van der Waals surface area contributed by atoms with Crippen molar-refractivity contribution in [1.82, 2.24) is 15.1 Å². The zero-order valence-corrected chi connectivity index (χ0v) is 30.2. The number of hydrogen-bond acceptors (Lipinski definition) is 6. The van der Waals surface area contributed by atoms with Crippen LogP contribution in [-0.2, 0) is 31.0 Å². The number of alkyl halides is 3. The van der Waals surface area contributed by atoms with Crippen molar-refractivity contribution in [3.8, 4) is 22.6 Å². The molecule has 0 saturated carbocycles. The van der Waals surface area contributed by atoms with Crippen molar-refractivity contribution in [2.45, 2.75) is 51.2 Å². The maximum absolute atomic E-state index is 13.8. The van der Waals surface area contributed by atoms with E-state index in [1.54, 1.807) is 0 Å². The first-order chi connectivity index (χ1) is 26.6. The summed E-state index contributed by atoms with van der Waals surface area (Å²) in [5.74, 6) is -1.14. The molecule has 12 heteroatoms. The van der Waals surface area contributed by atoms with E-state index in [2.05, 4.69) is 100 Å². The number of nitrogens with zero attached hydrogens (tertiary/aromatic N) is 2. The molecule has 1 saturated heterocycles. The molecule has 5 aromatic carbocycles. The molecule has 5 aromatic rings. The normalized spacial score (nSPS) is 14.1. The van der Waals surface area contributed by atoms with E-state index in [-0.39, 0.29) is 18.9 Å². The number of rotatable bonds is 11. The van der Waals surface area contributed by atoms with Crippen molar-refractivity contribution in [2.75, 3.05) is 25.2 Å². The van der Waals surface area contributed by atoms with E-state index in [1.807, 2.05) is 47.4 Å². The molecule has 3 N–H and O–H groups in total. The molecular formula is C43H43F3N4O5. The Bertz CT molecular complexity index is 2010. The number of halogens is 3. The summed E-state index contributed by atoms with van der Waals surface area (Å²) in [6.45, 7) is 5.24. The second-order valence-corrected chi connectivity index (χ2v) is 13.4. The summed E-state index contributed by atoms with van der Waals surface area (Å²) in [7, 11) is 0. The van der Waals surface area contributed by atoms with Gasteiger partial charge in [-0.3, -0.25) is 4.90 Å². The number of urea groups is 1. The predicted molar refractivity (Wildman–Crippen MR) is 204 cm³/mol. The van der Waals surface area contributed by atoms with Crippen molar-refractivity contribution < 1.29 is 37.3 Å². The number of benzene rings is 5. The number of hydrogen-bond donors (Lipinski definition) is 3. The molecule has 9 nitrogen and oxygen atoms in total. The lowest BCUT2D eigenvalue weighted by molar-refractivity contribution is -0.192. The highest BCUT2D eigenvalue weighted by molar-refractivity contribution is 5.89. The molecule has 55 heavy (non-hydrogen) atoms. The summed E-state index contributed by atoms with van der Waals surface area (Å²) >= 11 is 0. The van der Waals surface area contributed by atoms with Gasteiger partial charge in [-0.2, -0.15) is 13.2 Å². The Morgan fingerprint density at radius 3 is 2.02 bits per heavy atom. The molecule has 286 valence electrons. The summed E-state index contributed by atoms with van der Waals surface area (Å²) in [5, 5.41) is 13.8. The van der Waals surface area contributed by atoms with Gasteiger partial charge in [0.1, 0.15) is 0 Å². The van der Waals surface area contributed by atoms with Crippen LogP contribution in [0.3, 0.4) is 0 Å². The maximum atomic E-state index is 13.8. The highest BCUT2D eigenvalue weighted by atomic mass is 19.4. The molecule has 0 bridgehead atoms. The van der Waals surface area contributed by atoms with E-state index in [4.69, 9.17) is 19.4 Å². The highest BCUT2D eigenvalue weighted by Crippen LogP contribution is 2.32. The second kappa shape index (κ2) is 18.5. The van der Waals surface area contributed by atoms with Gasteiger partial charge in [-0.05, 0) is 76.6 Å². The number of fused-ring (bicyclic) bond motifs is 1. The fourth-order valence-corrected chi connectivity index (χ4v) is 6.58. The minimum Gasteiger partial charge on any atom is -0.475 e. The first kappa shape index (κ1) is 38.9. The Hall–Kier alpha value is -5.85. The van der Waals surface area contributed by atoms with Gasteiger partial charge >= 0.3 is 18.2 Å². The van der Waals surface area contributed by atoms with Crippen LogP contribution in [0.1, 0.15) is 35.1 Å². The molecule has 0 spiro atoms. The zero-order valence-electron chi connectivity index (χ0n) is 30.2. The fraction of sp³-hybridized carbons (Fsp3) is 0.256. The van der Waals surface area contributed by atoms with Gasteiger partial charge in [-0.15, -0.1) is 0 Å². The van der Waals surface area contributed by atoms with Crippen molar-refractivity contribution >= 4 is 17.7 Å². The number of amides is 2. The quantitative estimate of drug-likeness (QED) is 0.124. The third kappa shape index (κ3) is 11.3. The number of ether oxygens (including phenoxy) is 2. The molecule has 2 amide bonds. The van der Waals surface area contributed by atoms with Gasteiger partial charge in [-0.25, -0.2) is 9.59 Å². The van der Waals surface area contributed by atoms with E-state index in [9.17, 15) is 18.0 Å². The number of carboxylic acid groups (broad SMARTS) is 1. The van der Waals surface area contributed by atoms with E-state index in [0.717, 1.165) is 85.0 Å². The van der Waals surface area contributed by atoms with Gasteiger partial charge in [0.2, 0.25) is 6.79 Å². The monoisotopic (exact) mass is 752 g/mol. The van der Waals surface area contributed by atoms with Crippen LogP contribution in [0.4, 0.5) is 23.7 Å². The average Bonchev–Trinajstić information content (AvgIpc) is 3.67. The van der Waals surface area contributed by atoms with E-state index in [0.29, 0.717) is 6.54 Å². The van der Waals surface area contributed by atoms with Crippen molar-refractivity contribution in [3.63, 3.8) is 0 Å². The lowest BCUT2D eigenvalue weighted by Gasteiger charge is -2.38. The second-order valence-electron chi connectivity index (χ2n) is 13.4. The van der Waals surface area contributed by atoms with Crippen LogP contribution in [0, 0.1) is 0 Å². The molecule has 0 aromatic heterocycles. The SMILES string of the molecule is O=C(Nc1ccccc1)N(Cc1cccc(-c2ccc(CNCc3ccc4c(c3)OCO4)cc2)c1)C1CCN(Cc2ccccc2)CC1.O=C(O)C(F)(F)F. The van der Waals surface area contributed by atoms with Gasteiger partial charge < -0.3 is 30.1 Å². The molecule has 2 heterocycles. The van der Waals surface area contributed by atoms with Crippen LogP contribution in [0.25, 0.3) is 11.1 Å². The van der Waals surface area contributed by atoms with Gasteiger partial charge in [0, 0.05) is 51.0 Å². The first-order valence-corrected chi connectivity index (χ1v) is 18.1. The third-order valence-electron chi connectivity index (χ3n) is 9.44.